The van der Waals surface area contributed by atoms with Gasteiger partial charge in [0.1, 0.15) is 11.6 Å². The van der Waals surface area contributed by atoms with Gasteiger partial charge in [0, 0.05) is 36.6 Å². The first-order chi connectivity index (χ1) is 15.8. The van der Waals surface area contributed by atoms with Crippen molar-refractivity contribution in [3.8, 4) is 17.6 Å². The quantitative estimate of drug-likeness (QED) is 0.620. The van der Waals surface area contributed by atoms with E-state index >= 15 is 0 Å². The molecule has 0 saturated carbocycles. The molecule has 5 rings (SSSR count). The number of nitrogens with zero attached hydrogens (tertiary/aromatic N) is 5. The molecule has 2 aliphatic heterocycles. The van der Waals surface area contributed by atoms with Crippen LogP contribution in [0.5, 0.6) is 5.75 Å². The molecule has 3 aromatic rings. The molecule has 0 spiro atoms. The van der Waals surface area contributed by atoms with Crippen molar-refractivity contribution < 1.29 is 4.74 Å². The second-order valence-corrected chi connectivity index (χ2v) is 8.28. The summed E-state index contributed by atoms with van der Waals surface area (Å²) >= 11 is 0. The molecule has 1 N–H and O–H groups in total. The molecule has 2 saturated heterocycles. The summed E-state index contributed by atoms with van der Waals surface area (Å²) in [5, 5.41) is 4.35. The highest BCUT2D eigenvalue weighted by atomic mass is 16.5. The van der Waals surface area contributed by atoms with Crippen molar-refractivity contribution in [2.75, 3.05) is 50.1 Å². The van der Waals surface area contributed by atoms with Gasteiger partial charge in [-0.05, 0) is 63.0 Å². The van der Waals surface area contributed by atoms with Crippen molar-refractivity contribution in [1.82, 2.24) is 19.9 Å². The van der Waals surface area contributed by atoms with Crippen LogP contribution < -0.4 is 15.0 Å². The van der Waals surface area contributed by atoms with Crippen molar-refractivity contribution in [3.05, 3.63) is 42.2 Å². The second-order valence-electron chi connectivity index (χ2n) is 8.28. The van der Waals surface area contributed by atoms with Gasteiger partial charge >= 0.3 is 0 Å². The van der Waals surface area contributed by atoms with Crippen molar-refractivity contribution in [2.24, 2.45) is 0 Å². The molecule has 0 aliphatic carbocycles. The summed E-state index contributed by atoms with van der Waals surface area (Å²) in [4.78, 5) is 18.5. The van der Waals surface area contributed by atoms with Gasteiger partial charge in [-0.25, -0.2) is 4.98 Å². The summed E-state index contributed by atoms with van der Waals surface area (Å²) in [7, 11) is 1.68. The molecule has 4 heterocycles. The lowest BCUT2D eigenvalue weighted by atomic mass is 10.1. The van der Waals surface area contributed by atoms with E-state index in [-0.39, 0.29) is 0 Å². The summed E-state index contributed by atoms with van der Waals surface area (Å²) in [6.07, 6.45) is 8.41. The van der Waals surface area contributed by atoms with Gasteiger partial charge in [0.05, 0.1) is 24.7 Å². The second kappa shape index (κ2) is 9.41. The Bertz CT molecular complexity index is 1140. The van der Waals surface area contributed by atoms with E-state index in [1.165, 1.54) is 25.7 Å². The number of hydrogen-bond donors (Lipinski definition) is 1. The Morgan fingerprint density at radius 1 is 1.00 bits per heavy atom. The Morgan fingerprint density at radius 2 is 1.75 bits per heavy atom. The molecule has 1 aromatic carbocycles. The SMILES string of the molecule is COc1cc2c(Nc3ccncc3)nc(N3CCCC3)nc2cc1C#CCN1CCCC1. The van der Waals surface area contributed by atoms with Crippen LogP contribution in [0, 0.1) is 11.8 Å². The first-order valence-corrected chi connectivity index (χ1v) is 11.3. The van der Waals surface area contributed by atoms with Gasteiger partial charge in [-0.3, -0.25) is 9.88 Å². The van der Waals surface area contributed by atoms with Crippen LogP contribution in [0.3, 0.4) is 0 Å². The molecule has 7 heteroatoms. The molecule has 0 radical (unpaired) electrons. The number of fused-ring (bicyclic) bond motifs is 1. The average molecular weight is 429 g/mol. The predicted octanol–water partition coefficient (Wildman–Crippen LogP) is 3.82. The fourth-order valence-corrected chi connectivity index (χ4v) is 4.32. The number of ether oxygens (including phenoxy) is 1. The topological polar surface area (TPSA) is 66.4 Å². The summed E-state index contributed by atoms with van der Waals surface area (Å²) < 4.78 is 5.69. The van der Waals surface area contributed by atoms with E-state index in [1.807, 2.05) is 24.3 Å². The number of aromatic nitrogens is 3. The van der Waals surface area contributed by atoms with Gasteiger partial charge in [-0.2, -0.15) is 4.98 Å². The smallest absolute Gasteiger partial charge is 0.227 e. The summed E-state index contributed by atoms with van der Waals surface area (Å²) in [6.45, 7) is 5.04. The lowest BCUT2D eigenvalue weighted by molar-refractivity contribution is 0.383. The van der Waals surface area contributed by atoms with Gasteiger partial charge in [0.15, 0.2) is 0 Å². The van der Waals surface area contributed by atoms with Gasteiger partial charge < -0.3 is 15.0 Å². The summed E-state index contributed by atoms with van der Waals surface area (Å²) in [5.74, 6) is 8.91. The van der Waals surface area contributed by atoms with Crippen molar-refractivity contribution in [2.45, 2.75) is 25.7 Å². The third kappa shape index (κ3) is 4.46. The van der Waals surface area contributed by atoms with Crippen LogP contribution in [0.25, 0.3) is 10.9 Å². The zero-order chi connectivity index (χ0) is 21.8. The minimum atomic E-state index is 0.738. The normalized spacial score (nSPS) is 16.2. The van der Waals surface area contributed by atoms with Crippen molar-refractivity contribution >= 4 is 28.4 Å². The predicted molar refractivity (Wildman–Crippen MR) is 128 cm³/mol. The monoisotopic (exact) mass is 428 g/mol. The minimum Gasteiger partial charge on any atom is -0.495 e. The fourth-order valence-electron chi connectivity index (χ4n) is 4.32. The molecule has 7 nitrogen and oxygen atoms in total. The van der Waals surface area contributed by atoms with Crippen LogP contribution in [-0.2, 0) is 0 Å². The number of rotatable bonds is 5. The van der Waals surface area contributed by atoms with Crippen LogP contribution in [-0.4, -0.2) is 59.7 Å². The standard InChI is InChI=1S/C25H28N6O/c1-32-23-18-21-22(17-19(23)7-6-14-30-12-2-3-13-30)28-25(31-15-4-5-16-31)29-24(21)27-20-8-10-26-11-9-20/h8-11,17-18H,2-5,12-16H2,1H3,(H,26,27,28,29). The van der Waals surface area contributed by atoms with Crippen LogP contribution in [0.2, 0.25) is 0 Å². The van der Waals surface area contributed by atoms with Crippen molar-refractivity contribution in [1.29, 1.82) is 0 Å². The maximum absolute atomic E-state index is 5.69. The first kappa shape index (κ1) is 20.5. The number of hydrogen-bond acceptors (Lipinski definition) is 7. The van der Waals surface area contributed by atoms with Gasteiger partial charge in [0.2, 0.25) is 5.95 Å². The van der Waals surface area contributed by atoms with Crippen LogP contribution in [0.4, 0.5) is 17.5 Å². The third-order valence-corrected chi connectivity index (χ3v) is 6.06. The van der Waals surface area contributed by atoms with Crippen LogP contribution >= 0.6 is 0 Å². The zero-order valence-electron chi connectivity index (χ0n) is 18.5. The van der Waals surface area contributed by atoms with E-state index in [2.05, 4.69) is 31.9 Å². The fraction of sp³-hybridized carbons (Fsp3) is 0.400. The van der Waals surface area contributed by atoms with E-state index in [1.54, 1.807) is 19.5 Å². The van der Waals surface area contributed by atoms with Gasteiger partial charge in [0.25, 0.3) is 0 Å². The lowest BCUT2D eigenvalue weighted by Crippen LogP contribution is -2.21. The van der Waals surface area contributed by atoms with Gasteiger partial charge in [-0.15, -0.1) is 0 Å². The van der Waals surface area contributed by atoms with Crippen molar-refractivity contribution in [3.63, 3.8) is 0 Å². The van der Waals surface area contributed by atoms with Gasteiger partial charge in [-0.1, -0.05) is 11.8 Å². The largest absolute Gasteiger partial charge is 0.495 e. The number of benzene rings is 1. The molecule has 2 aromatic heterocycles. The maximum atomic E-state index is 5.69. The Morgan fingerprint density at radius 3 is 2.50 bits per heavy atom. The third-order valence-electron chi connectivity index (χ3n) is 6.06. The lowest BCUT2D eigenvalue weighted by Gasteiger charge is -2.18. The molecular weight excluding hydrogens is 400 g/mol. The molecular formula is C25H28N6O. The Balaban J connectivity index is 1.55. The highest BCUT2D eigenvalue weighted by Gasteiger charge is 2.19. The molecule has 2 aliphatic rings. The van der Waals surface area contributed by atoms with E-state index in [0.29, 0.717) is 0 Å². The van der Waals surface area contributed by atoms with E-state index in [9.17, 15) is 0 Å². The zero-order valence-corrected chi connectivity index (χ0v) is 18.5. The molecule has 0 atom stereocenters. The Kier molecular flexibility index (Phi) is 6.04. The molecule has 0 bridgehead atoms. The molecule has 32 heavy (non-hydrogen) atoms. The molecule has 164 valence electrons. The maximum Gasteiger partial charge on any atom is 0.227 e. The highest BCUT2D eigenvalue weighted by Crippen LogP contribution is 2.32. The number of anilines is 3. The molecule has 0 unspecified atom stereocenters. The van der Waals surface area contributed by atoms with E-state index in [4.69, 9.17) is 14.7 Å². The highest BCUT2D eigenvalue weighted by molar-refractivity contribution is 5.94. The average Bonchev–Trinajstić information content (AvgIpc) is 3.54. The Labute approximate surface area is 188 Å². The number of nitrogens with one attached hydrogen (secondary N) is 1. The molecule has 2 fully saturated rings. The number of pyridine rings is 1. The first-order valence-electron chi connectivity index (χ1n) is 11.3. The summed E-state index contributed by atoms with van der Waals surface area (Å²) in [6, 6.07) is 7.88. The number of methoxy groups -OCH3 is 1. The van der Waals surface area contributed by atoms with E-state index < -0.39 is 0 Å². The minimum absolute atomic E-state index is 0.738. The Hall–Kier alpha value is -3.37. The van der Waals surface area contributed by atoms with Crippen LogP contribution in [0.15, 0.2) is 36.7 Å². The number of likely N-dealkylation sites (tertiary alicyclic amines) is 1. The van der Waals surface area contributed by atoms with Crippen LogP contribution in [0.1, 0.15) is 31.2 Å². The molecule has 0 amide bonds. The summed E-state index contributed by atoms with van der Waals surface area (Å²) in [5.41, 5.74) is 2.66. The van der Waals surface area contributed by atoms with E-state index in [0.717, 1.165) is 72.4 Å².